The summed E-state index contributed by atoms with van der Waals surface area (Å²) >= 11 is 1.27. The summed E-state index contributed by atoms with van der Waals surface area (Å²) in [6.45, 7) is 1.70. The van der Waals surface area contributed by atoms with E-state index in [1.54, 1.807) is 6.92 Å². The number of carbonyl (C=O) groups excluding carboxylic acids is 1. The molecule has 2 aliphatic heterocycles. The number of rotatable bonds is 2. The lowest BCUT2D eigenvalue weighted by molar-refractivity contribution is -0.286. The van der Waals surface area contributed by atoms with Gasteiger partial charge in [-0.05, 0) is 42.3 Å². The van der Waals surface area contributed by atoms with Gasteiger partial charge in [0.15, 0.2) is 11.5 Å². The highest BCUT2D eigenvalue weighted by Gasteiger charge is 2.44. The number of hydrogen-bond donors (Lipinski definition) is 1. The van der Waals surface area contributed by atoms with Crippen molar-refractivity contribution in [3.05, 3.63) is 59.3 Å². The lowest BCUT2D eigenvalue weighted by atomic mass is 10.1. The highest BCUT2D eigenvalue weighted by Crippen LogP contribution is 2.46. The molecule has 2 aliphatic rings. The van der Waals surface area contributed by atoms with Gasteiger partial charge in [-0.2, -0.15) is 0 Å². The Morgan fingerprint density at radius 3 is 2.50 bits per heavy atom. The van der Waals surface area contributed by atoms with E-state index >= 15 is 0 Å². The zero-order valence-corrected chi connectivity index (χ0v) is 15.1. The van der Waals surface area contributed by atoms with Gasteiger partial charge in [0.2, 0.25) is 0 Å². The van der Waals surface area contributed by atoms with Crippen LogP contribution in [0, 0.1) is 18.6 Å². The second-order valence-corrected chi connectivity index (χ2v) is 7.03. The number of ether oxygens (including phenoxy) is 2. The summed E-state index contributed by atoms with van der Waals surface area (Å²) in [6.07, 6.45) is -2.25. The Labute approximate surface area is 160 Å². The minimum atomic E-state index is -3.72. The Morgan fingerprint density at radius 1 is 1.18 bits per heavy atom. The maximum atomic E-state index is 13.7. The molecule has 0 atom stereocenters. The smallest absolute Gasteiger partial charge is 0.395 e. The lowest BCUT2D eigenvalue weighted by Gasteiger charge is -2.14. The number of halogens is 4. The number of fused-ring (bicyclic) bond motifs is 1. The molecule has 5 nitrogen and oxygen atoms in total. The average molecular weight is 412 g/mol. The number of para-hydroxylation sites is 1. The molecule has 0 fully saturated rings. The Morgan fingerprint density at radius 2 is 1.82 bits per heavy atom. The van der Waals surface area contributed by atoms with Gasteiger partial charge in [0.1, 0.15) is 17.3 Å². The van der Waals surface area contributed by atoms with Crippen LogP contribution in [0.1, 0.15) is 11.1 Å². The topological polar surface area (TPSA) is 50.8 Å². The molecule has 28 heavy (non-hydrogen) atoms. The van der Waals surface area contributed by atoms with Crippen molar-refractivity contribution in [2.24, 2.45) is 0 Å². The summed E-state index contributed by atoms with van der Waals surface area (Å²) in [6, 6.07) is 5.36. The van der Waals surface area contributed by atoms with Crippen LogP contribution < -0.4 is 14.8 Å². The molecule has 10 heteroatoms. The maximum Gasteiger partial charge on any atom is 0.586 e. The van der Waals surface area contributed by atoms with Crippen molar-refractivity contribution >= 4 is 28.4 Å². The molecule has 0 unspecified atom stereocenters. The van der Waals surface area contributed by atoms with Crippen molar-refractivity contribution in [2.75, 3.05) is 11.2 Å². The molecule has 0 radical (unpaired) electrons. The van der Waals surface area contributed by atoms with E-state index < -0.39 is 29.6 Å². The Hall–Kier alpha value is -2.88. The standard InChI is InChI=1S/C18H12F4N2O3S/c1-9-5-13-14(27-18(21,22)26-13)6-10(9)15-7-24(8-28-15)17(25)23-16-11(19)3-2-4-12(16)20/h2-7H,8H2,1H3,(H,23,25). The molecule has 2 heterocycles. The van der Waals surface area contributed by atoms with Crippen LogP contribution in [0.25, 0.3) is 4.91 Å². The largest absolute Gasteiger partial charge is 0.586 e. The van der Waals surface area contributed by atoms with Crippen LogP contribution in [-0.4, -0.2) is 23.1 Å². The molecule has 4 rings (SSSR count). The molecule has 2 aromatic carbocycles. The first kappa shape index (κ1) is 18.5. The fourth-order valence-electron chi connectivity index (χ4n) is 2.78. The number of thioether (sulfide) groups is 1. The van der Waals surface area contributed by atoms with Crippen molar-refractivity contribution < 1.29 is 31.8 Å². The lowest BCUT2D eigenvalue weighted by Crippen LogP contribution is -2.29. The monoisotopic (exact) mass is 412 g/mol. The molecule has 2 amide bonds. The number of aryl methyl sites for hydroxylation is 1. The van der Waals surface area contributed by atoms with E-state index in [0.717, 1.165) is 12.1 Å². The summed E-state index contributed by atoms with van der Waals surface area (Å²) in [5, 5.41) is 2.19. The van der Waals surface area contributed by atoms with Crippen LogP contribution in [-0.2, 0) is 0 Å². The minimum Gasteiger partial charge on any atom is -0.395 e. The molecule has 0 spiro atoms. The van der Waals surface area contributed by atoms with Gasteiger partial charge in [-0.25, -0.2) is 13.6 Å². The fourth-order valence-corrected chi connectivity index (χ4v) is 3.83. The first-order valence-electron chi connectivity index (χ1n) is 8.00. The predicted molar refractivity (Wildman–Crippen MR) is 95.0 cm³/mol. The minimum absolute atomic E-state index is 0.0699. The van der Waals surface area contributed by atoms with E-state index in [1.807, 2.05) is 0 Å². The van der Waals surface area contributed by atoms with E-state index in [2.05, 4.69) is 14.8 Å². The zero-order chi connectivity index (χ0) is 20.1. The number of alkyl halides is 2. The molecule has 0 bridgehead atoms. The molecule has 2 aromatic rings. The summed E-state index contributed by atoms with van der Waals surface area (Å²) < 4.78 is 62.7. The summed E-state index contributed by atoms with van der Waals surface area (Å²) in [7, 11) is 0. The molecule has 0 aliphatic carbocycles. The van der Waals surface area contributed by atoms with E-state index in [0.29, 0.717) is 16.0 Å². The van der Waals surface area contributed by atoms with E-state index in [1.165, 1.54) is 41.1 Å². The number of urea groups is 1. The van der Waals surface area contributed by atoms with E-state index in [9.17, 15) is 22.4 Å². The maximum absolute atomic E-state index is 13.7. The molecule has 0 aromatic heterocycles. The number of anilines is 1. The summed E-state index contributed by atoms with van der Waals surface area (Å²) in [5.41, 5.74) is 0.680. The number of amides is 2. The van der Waals surface area contributed by atoms with Crippen LogP contribution in [0.5, 0.6) is 11.5 Å². The summed E-state index contributed by atoms with van der Waals surface area (Å²) in [4.78, 5) is 14.2. The Bertz CT molecular complexity index is 992. The zero-order valence-electron chi connectivity index (χ0n) is 14.3. The SMILES string of the molecule is Cc1cc2c(cc1C1=CN(C(=O)Nc3c(F)cccc3F)CS1)OC(F)(F)O2. The number of nitrogens with zero attached hydrogens (tertiary/aromatic N) is 1. The first-order valence-corrected chi connectivity index (χ1v) is 8.99. The van der Waals surface area contributed by atoms with Crippen LogP contribution >= 0.6 is 11.8 Å². The third-order valence-corrected chi connectivity index (χ3v) is 5.15. The molecule has 0 saturated heterocycles. The number of carbonyl (C=O) groups is 1. The molecule has 1 N–H and O–H groups in total. The van der Waals surface area contributed by atoms with Gasteiger partial charge in [0.05, 0.1) is 5.88 Å². The van der Waals surface area contributed by atoms with Gasteiger partial charge in [-0.3, -0.25) is 4.90 Å². The van der Waals surface area contributed by atoms with Gasteiger partial charge >= 0.3 is 12.3 Å². The Kier molecular flexibility index (Phi) is 4.37. The van der Waals surface area contributed by atoms with Crippen molar-refractivity contribution in [1.82, 2.24) is 4.90 Å². The third kappa shape index (κ3) is 3.35. The van der Waals surface area contributed by atoms with E-state index in [4.69, 9.17) is 0 Å². The Balaban J connectivity index is 1.56. The third-order valence-electron chi connectivity index (χ3n) is 4.10. The van der Waals surface area contributed by atoms with Crippen LogP contribution in [0.3, 0.4) is 0 Å². The normalized spacial score (nSPS) is 16.9. The van der Waals surface area contributed by atoms with Crippen LogP contribution in [0.4, 0.5) is 28.0 Å². The number of benzene rings is 2. The van der Waals surface area contributed by atoms with Crippen LogP contribution in [0.15, 0.2) is 36.5 Å². The molecular formula is C18H12F4N2O3S. The van der Waals surface area contributed by atoms with Gasteiger partial charge < -0.3 is 14.8 Å². The fraction of sp³-hybridized carbons (Fsp3) is 0.167. The molecule has 0 saturated carbocycles. The summed E-state index contributed by atoms with van der Waals surface area (Å²) in [5.74, 6) is -1.78. The van der Waals surface area contributed by atoms with Crippen molar-refractivity contribution in [3.63, 3.8) is 0 Å². The van der Waals surface area contributed by atoms with Gasteiger partial charge in [0, 0.05) is 11.1 Å². The van der Waals surface area contributed by atoms with E-state index in [-0.39, 0.29) is 17.4 Å². The molecule has 146 valence electrons. The second-order valence-electron chi connectivity index (χ2n) is 6.04. The first-order chi connectivity index (χ1) is 13.2. The van der Waals surface area contributed by atoms with Crippen molar-refractivity contribution in [1.29, 1.82) is 0 Å². The molecular weight excluding hydrogens is 400 g/mol. The van der Waals surface area contributed by atoms with Crippen LogP contribution in [0.2, 0.25) is 0 Å². The second kappa shape index (κ2) is 6.62. The van der Waals surface area contributed by atoms with Gasteiger partial charge in [-0.15, -0.1) is 20.5 Å². The number of nitrogens with one attached hydrogen (secondary N) is 1. The quantitative estimate of drug-likeness (QED) is 0.695. The number of hydrogen-bond acceptors (Lipinski definition) is 4. The highest BCUT2D eigenvalue weighted by atomic mass is 32.2. The average Bonchev–Trinajstić information content (AvgIpc) is 3.20. The van der Waals surface area contributed by atoms with Crippen molar-refractivity contribution in [3.8, 4) is 11.5 Å². The predicted octanol–water partition coefficient (Wildman–Crippen LogP) is 5.13. The van der Waals surface area contributed by atoms with Gasteiger partial charge in [0.25, 0.3) is 0 Å². The van der Waals surface area contributed by atoms with Gasteiger partial charge in [-0.1, -0.05) is 6.07 Å². The van der Waals surface area contributed by atoms with Crippen molar-refractivity contribution in [2.45, 2.75) is 13.2 Å². The highest BCUT2D eigenvalue weighted by molar-refractivity contribution is 8.08.